The molecule has 1 fully saturated rings. The number of likely N-dealkylation sites (tertiary alicyclic amines) is 1. The lowest BCUT2D eigenvalue weighted by molar-refractivity contribution is -0.126. The van der Waals surface area contributed by atoms with Crippen LogP contribution in [-0.4, -0.2) is 54.3 Å². The van der Waals surface area contributed by atoms with E-state index in [0.29, 0.717) is 31.4 Å². The van der Waals surface area contributed by atoms with Crippen molar-refractivity contribution in [2.75, 3.05) is 33.4 Å². The van der Waals surface area contributed by atoms with Gasteiger partial charge >= 0.3 is 0 Å². The van der Waals surface area contributed by atoms with E-state index in [9.17, 15) is 4.79 Å². The van der Waals surface area contributed by atoms with Crippen LogP contribution >= 0.6 is 0 Å². The number of nitrogens with zero attached hydrogens (tertiary/aromatic N) is 3. The van der Waals surface area contributed by atoms with Crippen molar-refractivity contribution in [3.05, 3.63) is 35.7 Å². The van der Waals surface area contributed by atoms with Crippen LogP contribution in [0.2, 0.25) is 0 Å². The largest absolute Gasteiger partial charge is 0.383 e. The van der Waals surface area contributed by atoms with Gasteiger partial charge < -0.3 is 14.6 Å². The summed E-state index contributed by atoms with van der Waals surface area (Å²) >= 11 is 0. The van der Waals surface area contributed by atoms with Crippen LogP contribution in [-0.2, 0) is 16.1 Å². The first-order valence-electron chi connectivity index (χ1n) is 9.04. The number of carbonyl (C=O) groups excluding carboxylic acids is 1. The molecule has 7 heteroatoms. The standard InChI is InChI=1S/C19H26N4O3/c1-14-4-3-5-16(12-14)18-21-17(26-22-18)13-23-9-6-15(7-10-23)19(24)20-8-11-25-2/h3-5,12,15H,6-11,13H2,1-2H3,(H,20,24). The summed E-state index contributed by atoms with van der Waals surface area (Å²) in [7, 11) is 1.63. The number of aryl methyl sites for hydroxylation is 1. The van der Waals surface area contributed by atoms with Gasteiger partial charge in [-0.3, -0.25) is 9.69 Å². The third-order valence-corrected chi connectivity index (χ3v) is 4.67. The van der Waals surface area contributed by atoms with Crippen LogP contribution in [0.25, 0.3) is 11.4 Å². The molecule has 0 saturated carbocycles. The van der Waals surface area contributed by atoms with Crippen LogP contribution in [0.15, 0.2) is 28.8 Å². The molecule has 26 heavy (non-hydrogen) atoms. The Hall–Kier alpha value is -2.25. The summed E-state index contributed by atoms with van der Waals surface area (Å²) in [5.74, 6) is 1.44. The second-order valence-electron chi connectivity index (χ2n) is 6.72. The molecular formula is C19H26N4O3. The van der Waals surface area contributed by atoms with Crippen molar-refractivity contribution in [1.29, 1.82) is 0 Å². The smallest absolute Gasteiger partial charge is 0.241 e. The van der Waals surface area contributed by atoms with E-state index in [1.165, 1.54) is 5.56 Å². The quantitative estimate of drug-likeness (QED) is 0.763. The second-order valence-corrected chi connectivity index (χ2v) is 6.72. The lowest BCUT2D eigenvalue weighted by Gasteiger charge is -2.30. The molecule has 1 aromatic carbocycles. The molecule has 3 rings (SSSR count). The first-order chi connectivity index (χ1) is 12.7. The molecule has 140 valence electrons. The van der Waals surface area contributed by atoms with Gasteiger partial charge in [-0.15, -0.1) is 0 Å². The average molecular weight is 358 g/mol. The van der Waals surface area contributed by atoms with Crippen LogP contribution in [0.3, 0.4) is 0 Å². The predicted octanol–water partition coefficient (Wildman–Crippen LogP) is 2.02. The molecule has 0 radical (unpaired) electrons. The first-order valence-corrected chi connectivity index (χ1v) is 9.04. The molecule has 1 saturated heterocycles. The summed E-state index contributed by atoms with van der Waals surface area (Å²) in [5, 5.41) is 7.01. The van der Waals surface area contributed by atoms with Crippen molar-refractivity contribution >= 4 is 5.91 Å². The van der Waals surface area contributed by atoms with Crippen molar-refractivity contribution in [2.24, 2.45) is 5.92 Å². The number of hydrogen-bond donors (Lipinski definition) is 1. The highest BCUT2D eigenvalue weighted by atomic mass is 16.5. The molecule has 1 N–H and O–H groups in total. The minimum atomic E-state index is 0.0775. The maximum atomic E-state index is 12.1. The maximum absolute atomic E-state index is 12.1. The number of rotatable bonds is 7. The van der Waals surface area contributed by atoms with E-state index in [1.54, 1.807) is 7.11 Å². The Morgan fingerprint density at radius 3 is 2.92 bits per heavy atom. The highest BCUT2D eigenvalue weighted by Gasteiger charge is 2.25. The Morgan fingerprint density at radius 1 is 1.38 bits per heavy atom. The number of piperidine rings is 1. The van der Waals surface area contributed by atoms with Crippen molar-refractivity contribution in [2.45, 2.75) is 26.3 Å². The number of aromatic nitrogens is 2. The minimum Gasteiger partial charge on any atom is -0.383 e. The van der Waals surface area contributed by atoms with Crippen molar-refractivity contribution in [3.8, 4) is 11.4 Å². The molecule has 1 aliphatic heterocycles. The number of amides is 1. The number of methoxy groups -OCH3 is 1. The number of ether oxygens (including phenoxy) is 1. The number of carbonyl (C=O) groups is 1. The van der Waals surface area contributed by atoms with E-state index >= 15 is 0 Å². The Balaban J connectivity index is 1.48. The van der Waals surface area contributed by atoms with Crippen LogP contribution in [0, 0.1) is 12.8 Å². The van der Waals surface area contributed by atoms with Crippen molar-refractivity contribution < 1.29 is 14.1 Å². The zero-order chi connectivity index (χ0) is 18.4. The van der Waals surface area contributed by atoms with E-state index in [-0.39, 0.29) is 11.8 Å². The monoisotopic (exact) mass is 358 g/mol. The van der Waals surface area contributed by atoms with Gasteiger partial charge in [-0.05, 0) is 38.9 Å². The normalized spacial score (nSPS) is 15.9. The SMILES string of the molecule is COCCNC(=O)C1CCN(Cc2nc(-c3cccc(C)c3)no2)CC1. The first kappa shape index (κ1) is 18.5. The zero-order valence-corrected chi connectivity index (χ0v) is 15.4. The van der Waals surface area contributed by atoms with Gasteiger partial charge in [-0.1, -0.05) is 28.9 Å². The van der Waals surface area contributed by atoms with Gasteiger partial charge in [0.1, 0.15) is 0 Å². The summed E-state index contributed by atoms with van der Waals surface area (Å²) in [5.41, 5.74) is 2.13. The Bertz CT molecular complexity index is 723. The van der Waals surface area contributed by atoms with Gasteiger partial charge in [0.15, 0.2) is 0 Å². The van der Waals surface area contributed by atoms with Gasteiger partial charge in [-0.25, -0.2) is 0 Å². The molecule has 0 unspecified atom stereocenters. The minimum absolute atomic E-state index is 0.0775. The maximum Gasteiger partial charge on any atom is 0.241 e. The fourth-order valence-corrected chi connectivity index (χ4v) is 3.19. The second kappa shape index (κ2) is 8.91. The fourth-order valence-electron chi connectivity index (χ4n) is 3.19. The molecule has 1 aliphatic rings. The third kappa shape index (κ3) is 4.89. The van der Waals surface area contributed by atoms with Crippen LogP contribution in [0.5, 0.6) is 0 Å². The van der Waals surface area contributed by atoms with Gasteiger partial charge in [0, 0.05) is 25.1 Å². The van der Waals surface area contributed by atoms with E-state index in [4.69, 9.17) is 9.26 Å². The van der Waals surface area contributed by atoms with Gasteiger partial charge in [0.2, 0.25) is 17.6 Å². The van der Waals surface area contributed by atoms with Crippen molar-refractivity contribution in [1.82, 2.24) is 20.4 Å². The molecule has 0 spiro atoms. The van der Waals surface area contributed by atoms with Gasteiger partial charge in [-0.2, -0.15) is 4.98 Å². The van der Waals surface area contributed by atoms with E-state index < -0.39 is 0 Å². The summed E-state index contributed by atoms with van der Waals surface area (Å²) in [6, 6.07) is 8.06. The molecule has 7 nitrogen and oxygen atoms in total. The summed E-state index contributed by atoms with van der Waals surface area (Å²) in [4.78, 5) is 18.9. The summed E-state index contributed by atoms with van der Waals surface area (Å²) < 4.78 is 10.4. The lowest BCUT2D eigenvalue weighted by atomic mass is 9.96. The van der Waals surface area contributed by atoms with Crippen molar-refractivity contribution in [3.63, 3.8) is 0 Å². The molecule has 0 atom stereocenters. The molecule has 0 bridgehead atoms. The van der Waals surface area contributed by atoms with Crippen LogP contribution < -0.4 is 5.32 Å². The molecule has 0 aliphatic carbocycles. The summed E-state index contributed by atoms with van der Waals surface area (Å²) in [6.45, 7) is 5.48. The van der Waals surface area contributed by atoms with Gasteiger partial charge in [0.25, 0.3) is 0 Å². The number of nitrogens with one attached hydrogen (secondary N) is 1. The fraction of sp³-hybridized carbons (Fsp3) is 0.526. The molecule has 1 aromatic heterocycles. The predicted molar refractivity (Wildman–Crippen MR) is 97.4 cm³/mol. The van der Waals surface area contributed by atoms with E-state index in [1.807, 2.05) is 31.2 Å². The number of benzene rings is 1. The average Bonchev–Trinajstić information content (AvgIpc) is 3.11. The highest BCUT2D eigenvalue weighted by Crippen LogP contribution is 2.21. The Morgan fingerprint density at radius 2 is 2.19 bits per heavy atom. The van der Waals surface area contributed by atoms with E-state index in [2.05, 4.69) is 20.4 Å². The number of hydrogen-bond acceptors (Lipinski definition) is 6. The Labute approximate surface area is 153 Å². The molecule has 2 heterocycles. The van der Waals surface area contributed by atoms with Gasteiger partial charge in [0.05, 0.1) is 13.2 Å². The molecular weight excluding hydrogens is 332 g/mol. The molecule has 1 amide bonds. The van der Waals surface area contributed by atoms with E-state index in [0.717, 1.165) is 31.5 Å². The topological polar surface area (TPSA) is 80.5 Å². The summed E-state index contributed by atoms with van der Waals surface area (Å²) in [6.07, 6.45) is 1.69. The third-order valence-electron chi connectivity index (χ3n) is 4.67. The lowest BCUT2D eigenvalue weighted by Crippen LogP contribution is -2.41. The van der Waals surface area contributed by atoms with Crippen LogP contribution in [0.4, 0.5) is 0 Å². The van der Waals surface area contributed by atoms with Crippen LogP contribution in [0.1, 0.15) is 24.3 Å². The Kier molecular flexibility index (Phi) is 6.35. The highest BCUT2D eigenvalue weighted by molar-refractivity contribution is 5.78. The molecule has 2 aromatic rings. The zero-order valence-electron chi connectivity index (χ0n) is 15.4.